The van der Waals surface area contributed by atoms with Crippen molar-refractivity contribution in [2.75, 3.05) is 41.8 Å². The molecule has 1 saturated heterocycles. The van der Waals surface area contributed by atoms with Gasteiger partial charge in [0.1, 0.15) is 5.52 Å². The molecule has 1 atom stereocenters. The van der Waals surface area contributed by atoms with Gasteiger partial charge in [-0.25, -0.2) is 9.97 Å². The number of amides is 1. The molecule has 2 aromatic heterocycles. The van der Waals surface area contributed by atoms with Crippen molar-refractivity contribution in [3.63, 3.8) is 0 Å². The molecule has 1 fully saturated rings. The van der Waals surface area contributed by atoms with E-state index in [9.17, 15) is 4.79 Å². The highest BCUT2D eigenvalue weighted by atomic mass is 16.5. The molecule has 9 nitrogen and oxygen atoms in total. The van der Waals surface area contributed by atoms with E-state index in [0.717, 1.165) is 28.9 Å². The number of morpholine rings is 1. The Morgan fingerprint density at radius 3 is 2.83 bits per heavy atom. The Morgan fingerprint density at radius 2 is 2.03 bits per heavy atom. The van der Waals surface area contributed by atoms with Gasteiger partial charge in [0, 0.05) is 53.5 Å². The minimum absolute atomic E-state index is 0.177. The highest BCUT2D eigenvalue weighted by Gasteiger charge is 2.21. The molecule has 0 aliphatic carbocycles. The van der Waals surface area contributed by atoms with E-state index < -0.39 is 0 Å². The Morgan fingerprint density at radius 1 is 1.17 bits per heavy atom. The van der Waals surface area contributed by atoms with Gasteiger partial charge in [-0.2, -0.15) is 0 Å². The first kappa shape index (κ1) is 23.4. The number of nitrogens with one attached hydrogen (secondary N) is 2. The van der Waals surface area contributed by atoms with E-state index in [2.05, 4.69) is 44.2 Å². The number of ether oxygens (including phenoxy) is 1. The first-order valence-corrected chi connectivity index (χ1v) is 11.7. The van der Waals surface area contributed by atoms with Gasteiger partial charge in [0.15, 0.2) is 0 Å². The largest absolute Gasteiger partial charge is 0.377 e. The average molecular weight is 482 g/mol. The van der Waals surface area contributed by atoms with E-state index in [4.69, 9.17) is 15.5 Å². The van der Waals surface area contributed by atoms with Crippen LogP contribution in [0.1, 0.15) is 0 Å². The van der Waals surface area contributed by atoms with Crippen molar-refractivity contribution in [1.29, 1.82) is 0 Å². The number of fused-ring (bicyclic) bond motifs is 1. The molecule has 1 aliphatic heterocycles. The summed E-state index contributed by atoms with van der Waals surface area (Å²) >= 11 is 0. The number of nitrogens with two attached hydrogens (primary N) is 1. The van der Waals surface area contributed by atoms with E-state index in [1.165, 1.54) is 6.08 Å². The van der Waals surface area contributed by atoms with Crippen LogP contribution < -0.4 is 21.3 Å². The number of pyridine rings is 1. The van der Waals surface area contributed by atoms with Gasteiger partial charge < -0.3 is 26.0 Å². The average Bonchev–Trinajstić information content (AvgIpc) is 2.93. The molecular formula is C27H27N7O2. The summed E-state index contributed by atoms with van der Waals surface area (Å²) in [5.74, 6) is 0.192. The van der Waals surface area contributed by atoms with Gasteiger partial charge in [0.05, 0.1) is 24.9 Å². The number of carbonyl (C=O) groups is 1. The minimum atomic E-state index is -0.273. The van der Waals surface area contributed by atoms with Crippen LogP contribution in [0.5, 0.6) is 0 Å². The van der Waals surface area contributed by atoms with Crippen molar-refractivity contribution < 1.29 is 9.53 Å². The normalized spacial score (nSPS) is 15.5. The van der Waals surface area contributed by atoms with E-state index in [-0.39, 0.29) is 11.9 Å². The van der Waals surface area contributed by atoms with Gasteiger partial charge in [0.2, 0.25) is 11.9 Å². The van der Waals surface area contributed by atoms with Crippen molar-refractivity contribution in [2.45, 2.75) is 6.04 Å². The summed E-state index contributed by atoms with van der Waals surface area (Å²) in [4.78, 5) is 27.8. The molecule has 2 aromatic carbocycles. The number of anilines is 4. The van der Waals surface area contributed by atoms with Crippen molar-refractivity contribution in [3.8, 4) is 11.3 Å². The highest BCUT2D eigenvalue weighted by molar-refractivity contribution is 5.99. The van der Waals surface area contributed by atoms with Crippen LogP contribution in [0.25, 0.3) is 22.2 Å². The zero-order valence-corrected chi connectivity index (χ0v) is 19.7. The molecule has 1 amide bonds. The van der Waals surface area contributed by atoms with E-state index in [0.29, 0.717) is 42.6 Å². The van der Waals surface area contributed by atoms with Gasteiger partial charge >= 0.3 is 0 Å². The lowest BCUT2D eigenvalue weighted by Crippen LogP contribution is -2.49. The third-order valence-electron chi connectivity index (χ3n) is 6.04. The van der Waals surface area contributed by atoms with Crippen molar-refractivity contribution in [1.82, 2.24) is 15.0 Å². The monoisotopic (exact) mass is 481 g/mol. The maximum Gasteiger partial charge on any atom is 0.247 e. The standard InChI is InChI=1S/C27H27N7O2/c1-2-24(35)31-21-5-3-4-18(14-21)25-26-19(10-11-29-25)16-30-27(33-26)32-20-6-8-22(9-7-20)34-12-13-36-17-23(34)15-28/h2-11,14,16,23H,1,12-13,15,17,28H2,(H,31,35)(H,30,32,33). The molecule has 1 unspecified atom stereocenters. The lowest BCUT2D eigenvalue weighted by Gasteiger charge is -2.36. The molecule has 0 bridgehead atoms. The van der Waals surface area contributed by atoms with Crippen LogP contribution in [-0.4, -0.2) is 53.2 Å². The summed E-state index contributed by atoms with van der Waals surface area (Å²) in [6, 6.07) is 17.6. The van der Waals surface area contributed by atoms with Crippen LogP contribution in [0.15, 0.2) is 79.6 Å². The van der Waals surface area contributed by atoms with Crippen molar-refractivity contribution in [3.05, 3.63) is 79.6 Å². The summed E-state index contributed by atoms with van der Waals surface area (Å²) in [5.41, 5.74) is 10.8. The Bertz CT molecular complexity index is 1390. The first-order chi connectivity index (χ1) is 17.6. The second kappa shape index (κ2) is 10.5. The van der Waals surface area contributed by atoms with Crippen LogP contribution in [0, 0.1) is 0 Å². The smallest absolute Gasteiger partial charge is 0.247 e. The summed E-state index contributed by atoms with van der Waals surface area (Å²) in [5, 5.41) is 6.93. The Balaban J connectivity index is 1.40. The summed E-state index contributed by atoms with van der Waals surface area (Å²) in [6.07, 6.45) is 4.73. The quantitative estimate of drug-likeness (QED) is 0.342. The molecule has 3 heterocycles. The molecule has 9 heteroatoms. The second-order valence-corrected chi connectivity index (χ2v) is 8.39. The number of aromatic nitrogens is 3. The van der Waals surface area contributed by atoms with E-state index in [1.54, 1.807) is 12.4 Å². The van der Waals surface area contributed by atoms with Gasteiger partial charge in [0.25, 0.3) is 0 Å². The van der Waals surface area contributed by atoms with Gasteiger partial charge in [-0.15, -0.1) is 0 Å². The number of carbonyl (C=O) groups excluding carboxylic acids is 1. The fraction of sp³-hybridized carbons (Fsp3) is 0.185. The molecule has 5 rings (SSSR count). The predicted molar refractivity (Wildman–Crippen MR) is 142 cm³/mol. The number of rotatable bonds is 7. The van der Waals surface area contributed by atoms with Crippen LogP contribution in [0.4, 0.5) is 23.0 Å². The SMILES string of the molecule is C=CC(=O)Nc1cccc(-c2nccc3cnc(Nc4ccc(N5CCOCC5CN)cc4)nc23)c1. The molecule has 0 saturated carbocycles. The minimum Gasteiger partial charge on any atom is -0.377 e. The first-order valence-electron chi connectivity index (χ1n) is 11.7. The lowest BCUT2D eigenvalue weighted by molar-refractivity contribution is -0.111. The van der Waals surface area contributed by atoms with Crippen LogP contribution in [0.2, 0.25) is 0 Å². The third-order valence-corrected chi connectivity index (χ3v) is 6.04. The van der Waals surface area contributed by atoms with E-state index in [1.807, 2.05) is 42.5 Å². The molecular weight excluding hydrogens is 454 g/mol. The van der Waals surface area contributed by atoms with Crippen LogP contribution in [0.3, 0.4) is 0 Å². The predicted octanol–water partition coefficient (Wildman–Crippen LogP) is 3.72. The molecule has 36 heavy (non-hydrogen) atoms. The molecule has 182 valence electrons. The molecule has 0 radical (unpaired) electrons. The summed E-state index contributed by atoms with van der Waals surface area (Å²) < 4.78 is 5.55. The van der Waals surface area contributed by atoms with Crippen molar-refractivity contribution >= 4 is 39.8 Å². The molecule has 4 N–H and O–H groups in total. The van der Waals surface area contributed by atoms with E-state index >= 15 is 0 Å². The zero-order chi connectivity index (χ0) is 24.9. The Labute approximate surface area is 209 Å². The maximum atomic E-state index is 11.7. The molecule has 1 aliphatic rings. The highest BCUT2D eigenvalue weighted by Crippen LogP contribution is 2.28. The van der Waals surface area contributed by atoms with Crippen LogP contribution >= 0.6 is 0 Å². The van der Waals surface area contributed by atoms with Crippen molar-refractivity contribution in [2.24, 2.45) is 5.73 Å². The summed E-state index contributed by atoms with van der Waals surface area (Å²) in [6.45, 7) is 6.20. The maximum absolute atomic E-state index is 11.7. The topological polar surface area (TPSA) is 118 Å². The number of nitrogens with zero attached hydrogens (tertiary/aromatic N) is 4. The number of benzene rings is 2. The fourth-order valence-electron chi connectivity index (χ4n) is 4.22. The third kappa shape index (κ3) is 5.02. The van der Waals surface area contributed by atoms with Crippen LogP contribution in [-0.2, 0) is 9.53 Å². The van der Waals surface area contributed by atoms with Gasteiger partial charge in [-0.1, -0.05) is 18.7 Å². The second-order valence-electron chi connectivity index (χ2n) is 8.39. The Kier molecular flexibility index (Phi) is 6.83. The number of hydrogen-bond donors (Lipinski definition) is 3. The zero-order valence-electron chi connectivity index (χ0n) is 19.7. The molecule has 0 spiro atoms. The Hall–Kier alpha value is -4.34. The summed E-state index contributed by atoms with van der Waals surface area (Å²) in [7, 11) is 0. The lowest BCUT2D eigenvalue weighted by atomic mass is 10.1. The number of hydrogen-bond acceptors (Lipinski definition) is 8. The van der Waals surface area contributed by atoms with Gasteiger partial charge in [-0.05, 0) is 48.5 Å². The fourth-order valence-corrected chi connectivity index (χ4v) is 4.22. The molecule has 4 aromatic rings. The van der Waals surface area contributed by atoms with Gasteiger partial charge in [-0.3, -0.25) is 9.78 Å².